The van der Waals surface area contributed by atoms with Crippen molar-refractivity contribution in [1.82, 2.24) is 4.90 Å². The van der Waals surface area contributed by atoms with E-state index in [-0.39, 0.29) is 10.9 Å². The summed E-state index contributed by atoms with van der Waals surface area (Å²) in [5.41, 5.74) is 6.13. The first-order chi connectivity index (χ1) is 9.40. The minimum Gasteiger partial charge on any atom is -0.481 e. The Bertz CT molecular complexity index is 504. The van der Waals surface area contributed by atoms with Gasteiger partial charge in [-0.1, -0.05) is 23.8 Å². The second-order valence-corrected chi connectivity index (χ2v) is 5.12. The quantitative estimate of drug-likeness (QED) is 0.820. The fourth-order valence-corrected chi connectivity index (χ4v) is 2.32. The van der Waals surface area contributed by atoms with Crippen LogP contribution in [0.4, 0.5) is 0 Å². The first-order valence-corrected chi connectivity index (χ1v) is 7.24. The molecule has 6 heteroatoms. The fraction of sp³-hybridized carbons (Fsp3) is 0.429. The number of carbonyl (C=O) groups is 1. The summed E-state index contributed by atoms with van der Waals surface area (Å²) in [6, 6.07) is 5.00. The molecule has 0 heterocycles. The lowest BCUT2D eigenvalue weighted by Gasteiger charge is -2.23. The molecule has 0 aliphatic rings. The minimum absolute atomic E-state index is 0.0513. The van der Waals surface area contributed by atoms with E-state index in [1.54, 1.807) is 30.0 Å². The molecule has 1 unspecified atom stereocenters. The second kappa shape index (κ2) is 7.45. The van der Waals surface area contributed by atoms with E-state index in [9.17, 15) is 4.79 Å². The van der Waals surface area contributed by atoms with E-state index in [1.165, 1.54) is 0 Å². The van der Waals surface area contributed by atoms with E-state index < -0.39 is 6.10 Å². The smallest absolute Gasteiger partial charge is 0.263 e. The van der Waals surface area contributed by atoms with Gasteiger partial charge in [0.05, 0.1) is 5.02 Å². The molecule has 0 bridgehead atoms. The monoisotopic (exact) mass is 314 g/mol. The summed E-state index contributed by atoms with van der Waals surface area (Å²) in [5, 5.41) is 0.414. The number of halogens is 1. The number of carbonyl (C=O) groups excluding carboxylic acids is 1. The predicted octanol–water partition coefficient (Wildman–Crippen LogP) is 2.61. The van der Waals surface area contributed by atoms with E-state index in [0.717, 1.165) is 0 Å². The predicted molar refractivity (Wildman–Crippen MR) is 85.4 cm³/mol. The van der Waals surface area contributed by atoms with Gasteiger partial charge in [0, 0.05) is 18.7 Å². The number of hydrogen-bond donors (Lipinski definition) is 1. The summed E-state index contributed by atoms with van der Waals surface area (Å²) in [5.74, 6) is 0.465. The lowest BCUT2D eigenvalue weighted by atomic mass is 10.2. The number of benzene rings is 1. The van der Waals surface area contributed by atoms with Crippen molar-refractivity contribution in [2.24, 2.45) is 5.73 Å². The van der Waals surface area contributed by atoms with Crippen LogP contribution in [-0.2, 0) is 4.79 Å². The number of likely N-dealkylation sites (N-methyl/N-ethyl adjacent to an activating group) is 1. The maximum absolute atomic E-state index is 12.1. The molecule has 110 valence electrons. The van der Waals surface area contributed by atoms with Gasteiger partial charge in [-0.2, -0.15) is 0 Å². The van der Waals surface area contributed by atoms with Crippen LogP contribution in [0.1, 0.15) is 26.3 Å². The van der Waals surface area contributed by atoms with E-state index in [0.29, 0.717) is 29.4 Å². The third kappa shape index (κ3) is 4.08. The van der Waals surface area contributed by atoms with Gasteiger partial charge in [-0.3, -0.25) is 4.79 Å². The van der Waals surface area contributed by atoms with Crippen LogP contribution >= 0.6 is 23.8 Å². The van der Waals surface area contributed by atoms with Crippen molar-refractivity contribution in [2.75, 3.05) is 13.1 Å². The van der Waals surface area contributed by atoms with Crippen molar-refractivity contribution in [3.8, 4) is 5.75 Å². The Kier molecular flexibility index (Phi) is 6.23. The van der Waals surface area contributed by atoms with E-state index in [1.807, 2.05) is 13.8 Å². The standard InChI is InChI=1S/C14H19ClN2O2S/c1-4-17(5-2)14(18)9(3)19-10-6-7-11(13(16)20)12(15)8-10/h6-9H,4-5H2,1-3H3,(H2,16,20). The van der Waals surface area contributed by atoms with E-state index in [2.05, 4.69) is 0 Å². The number of nitrogens with two attached hydrogens (primary N) is 1. The van der Waals surface area contributed by atoms with Crippen molar-refractivity contribution in [2.45, 2.75) is 26.9 Å². The highest BCUT2D eigenvalue weighted by Crippen LogP contribution is 2.23. The molecule has 20 heavy (non-hydrogen) atoms. The molecular weight excluding hydrogens is 296 g/mol. The zero-order valence-corrected chi connectivity index (χ0v) is 13.4. The summed E-state index contributed by atoms with van der Waals surface area (Å²) >= 11 is 10.9. The number of thiocarbonyl (C=S) groups is 1. The molecule has 0 aliphatic carbocycles. The van der Waals surface area contributed by atoms with Gasteiger partial charge in [-0.15, -0.1) is 0 Å². The van der Waals surface area contributed by atoms with Gasteiger partial charge in [-0.25, -0.2) is 0 Å². The van der Waals surface area contributed by atoms with Crippen LogP contribution in [-0.4, -0.2) is 35.0 Å². The molecule has 0 spiro atoms. The number of rotatable bonds is 6. The normalized spacial score (nSPS) is 11.8. The highest BCUT2D eigenvalue weighted by molar-refractivity contribution is 7.80. The Morgan fingerprint density at radius 2 is 2.05 bits per heavy atom. The fourth-order valence-electron chi connectivity index (χ4n) is 1.82. The molecule has 0 aliphatic heterocycles. The van der Waals surface area contributed by atoms with Gasteiger partial charge in [0.1, 0.15) is 10.7 Å². The number of nitrogens with zero attached hydrogens (tertiary/aromatic N) is 1. The summed E-state index contributed by atoms with van der Waals surface area (Å²) in [7, 11) is 0. The molecule has 0 radical (unpaired) electrons. The van der Waals surface area contributed by atoms with Crippen LogP contribution in [0.3, 0.4) is 0 Å². The minimum atomic E-state index is -0.568. The number of amides is 1. The average molecular weight is 315 g/mol. The first-order valence-electron chi connectivity index (χ1n) is 6.45. The van der Waals surface area contributed by atoms with Crippen molar-refractivity contribution < 1.29 is 9.53 Å². The molecule has 0 aromatic heterocycles. The van der Waals surface area contributed by atoms with Crippen LogP contribution in [0.2, 0.25) is 5.02 Å². The Morgan fingerprint density at radius 3 is 2.50 bits per heavy atom. The molecular formula is C14H19ClN2O2S. The van der Waals surface area contributed by atoms with Gasteiger partial charge in [0.25, 0.3) is 5.91 Å². The lowest BCUT2D eigenvalue weighted by Crippen LogP contribution is -2.40. The molecule has 1 aromatic rings. The van der Waals surface area contributed by atoms with Crippen LogP contribution < -0.4 is 10.5 Å². The van der Waals surface area contributed by atoms with Gasteiger partial charge >= 0.3 is 0 Å². The maximum atomic E-state index is 12.1. The molecule has 0 fully saturated rings. The highest BCUT2D eigenvalue weighted by Gasteiger charge is 2.20. The van der Waals surface area contributed by atoms with Gasteiger partial charge < -0.3 is 15.4 Å². The molecule has 1 aromatic carbocycles. The largest absolute Gasteiger partial charge is 0.481 e. The molecule has 2 N–H and O–H groups in total. The van der Waals surface area contributed by atoms with Crippen molar-refractivity contribution >= 4 is 34.7 Å². The Labute approximate surface area is 129 Å². The van der Waals surface area contributed by atoms with Crippen molar-refractivity contribution in [3.63, 3.8) is 0 Å². The van der Waals surface area contributed by atoms with Gasteiger partial charge in [0.2, 0.25) is 0 Å². The van der Waals surface area contributed by atoms with Crippen molar-refractivity contribution in [1.29, 1.82) is 0 Å². The molecule has 1 amide bonds. The lowest BCUT2D eigenvalue weighted by molar-refractivity contribution is -0.137. The molecule has 0 saturated heterocycles. The Hall–Kier alpha value is -1.33. The third-order valence-corrected chi connectivity index (χ3v) is 3.47. The van der Waals surface area contributed by atoms with Gasteiger partial charge in [0.15, 0.2) is 6.10 Å². The molecule has 0 saturated carbocycles. The molecule has 1 atom stereocenters. The molecule has 1 rings (SSSR count). The second-order valence-electron chi connectivity index (χ2n) is 4.28. The number of ether oxygens (including phenoxy) is 1. The Morgan fingerprint density at radius 1 is 1.45 bits per heavy atom. The van der Waals surface area contributed by atoms with Crippen LogP contribution in [0, 0.1) is 0 Å². The van der Waals surface area contributed by atoms with E-state index in [4.69, 9.17) is 34.3 Å². The summed E-state index contributed by atoms with van der Waals surface area (Å²) in [6.07, 6.45) is -0.568. The summed E-state index contributed by atoms with van der Waals surface area (Å²) in [6.45, 7) is 6.90. The first kappa shape index (κ1) is 16.7. The number of hydrogen-bond acceptors (Lipinski definition) is 3. The SMILES string of the molecule is CCN(CC)C(=O)C(C)Oc1ccc(C(N)=S)c(Cl)c1. The van der Waals surface area contributed by atoms with E-state index >= 15 is 0 Å². The van der Waals surface area contributed by atoms with Crippen molar-refractivity contribution in [3.05, 3.63) is 28.8 Å². The summed E-state index contributed by atoms with van der Waals surface area (Å²) in [4.78, 5) is 14.0. The van der Waals surface area contributed by atoms with Crippen LogP contribution in [0.15, 0.2) is 18.2 Å². The Balaban J connectivity index is 2.81. The molecule has 4 nitrogen and oxygen atoms in total. The maximum Gasteiger partial charge on any atom is 0.263 e. The third-order valence-electron chi connectivity index (χ3n) is 2.94. The zero-order chi connectivity index (χ0) is 15.3. The zero-order valence-electron chi connectivity index (χ0n) is 11.9. The highest BCUT2D eigenvalue weighted by atomic mass is 35.5. The van der Waals surface area contributed by atoms with Crippen LogP contribution in [0.25, 0.3) is 0 Å². The van der Waals surface area contributed by atoms with Gasteiger partial charge in [-0.05, 0) is 39.0 Å². The van der Waals surface area contributed by atoms with Crippen LogP contribution in [0.5, 0.6) is 5.75 Å². The average Bonchev–Trinajstić information content (AvgIpc) is 2.39. The summed E-state index contributed by atoms with van der Waals surface area (Å²) < 4.78 is 5.62. The topological polar surface area (TPSA) is 55.6 Å².